The fraction of sp³-hybridized carbons (Fsp3) is 0.680. The van der Waals surface area contributed by atoms with E-state index < -0.39 is 0 Å². The predicted octanol–water partition coefficient (Wildman–Crippen LogP) is 6.13. The minimum atomic E-state index is 0.0600. The first-order valence-electron chi connectivity index (χ1n) is 11.0. The van der Waals surface area contributed by atoms with Gasteiger partial charge in [0, 0.05) is 23.8 Å². The predicted molar refractivity (Wildman–Crippen MR) is 111 cm³/mol. The Bertz CT molecular complexity index is 673. The first kappa shape index (κ1) is 20.3. The van der Waals surface area contributed by atoms with Gasteiger partial charge in [-0.05, 0) is 73.8 Å². The van der Waals surface area contributed by atoms with E-state index in [2.05, 4.69) is 12.1 Å². The number of aryl methyl sites for hydroxylation is 1. The second kappa shape index (κ2) is 8.71. The molecule has 0 heterocycles. The Balaban J connectivity index is 1.45. The molecule has 0 saturated heterocycles. The minimum Gasteiger partial charge on any atom is -0.299 e. The molecule has 2 aliphatic rings. The van der Waals surface area contributed by atoms with Crippen molar-refractivity contribution >= 4 is 11.6 Å². The standard InChI is InChI=1S/C25H36O2/c1-16(2)24(26)15-23-14-21-13-22(23)12-19(21)9-5-7-18-8-6-10-20(11-18)25(27)17(3)4/h6,8,10-11,16-17,19,21-23H,5,7,9,12-15H2,1-4H3/t19?,21-,22+,23?/m0/s1. The van der Waals surface area contributed by atoms with Gasteiger partial charge in [-0.1, -0.05) is 45.9 Å². The van der Waals surface area contributed by atoms with E-state index in [0.29, 0.717) is 11.7 Å². The second-order valence-corrected chi connectivity index (χ2v) is 9.68. The van der Waals surface area contributed by atoms with Crippen molar-refractivity contribution in [3.8, 4) is 0 Å². The SMILES string of the molecule is CC(C)C(=O)CC1C[C@@H]2C[C@H]1CC2CCCc1cccc(C(=O)C(C)C)c1. The summed E-state index contributed by atoms with van der Waals surface area (Å²) in [5.74, 6) is 4.14. The molecule has 2 fully saturated rings. The molecule has 0 spiro atoms. The van der Waals surface area contributed by atoms with E-state index in [-0.39, 0.29) is 17.6 Å². The lowest BCUT2D eigenvalue weighted by Gasteiger charge is -2.28. The molecule has 27 heavy (non-hydrogen) atoms. The third kappa shape index (κ3) is 4.89. The van der Waals surface area contributed by atoms with E-state index in [1.807, 2.05) is 39.8 Å². The van der Waals surface area contributed by atoms with Crippen LogP contribution in [0.1, 0.15) is 82.1 Å². The van der Waals surface area contributed by atoms with Crippen LogP contribution in [0.15, 0.2) is 24.3 Å². The molecule has 0 radical (unpaired) electrons. The molecule has 0 aliphatic heterocycles. The third-order valence-corrected chi connectivity index (χ3v) is 7.03. The quantitative estimate of drug-likeness (QED) is 0.492. The summed E-state index contributed by atoms with van der Waals surface area (Å²) in [6.45, 7) is 7.99. The molecule has 2 heteroatoms. The highest BCUT2D eigenvalue weighted by Gasteiger charge is 2.45. The summed E-state index contributed by atoms with van der Waals surface area (Å²) in [6.07, 6.45) is 8.39. The number of rotatable bonds is 9. The molecule has 0 amide bonds. The van der Waals surface area contributed by atoms with Crippen LogP contribution in [0, 0.1) is 35.5 Å². The van der Waals surface area contributed by atoms with Gasteiger partial charge in [0.1, 0.15) is 5.78 Å². The van der Waals surface area contributed by atoms with E-state index in [0.717, 1.165) is 36.2 Å². The molecule has 1 aromatic rings. The maximum absolute atomic E-state index is 12.2. The number of carbonyl (C=O) groups is 2. The molecule has 0 N–H and O–H groups in total. The zero-order valence-electron chi connectivity index (χ0n) is 17.5. The van der Waals surface area contributed by atoms with E-state index >= 15 is 0 Å². The van der Waals surface area contributed by atoms with E-state index in [4.69, 9.17) is 0 Å². The maximum atomic E-state index is 12.2. The third-order valence-electron chi connectivity index (χ3n) is 7.03. The summed E-state index contributed by atoms with van der Waals surface area (Å²) in [7, 11) is 0. The number of ketones is 2. The summed E-state index contributed by atoms with van der Waals surface area (Å²) in [6, 6.07) is 8.22. The lowest BCUT2D eigenvalue weighted by molar-refractivity contribution is -0.123. The van der Waals surface area contributed by atoms with Crippen LogP contribution in [0.25, 0.3) is 0 Å². The van der Waals surface area contributed by atoms with Crippen molar-refractivity contribution in [1.29, 1.82) is 0 Å². The van der Waals surface area contributed by atoms with Gasteiger partial charge in [-0.3, -0.25) is 9.59 Å². The van der Waals surface area contributed by atoms with Gasteiger partial charge in [-0.15, -0.1) is 0 Å². The Morgan fingerprint density at radius 2 is 1.67 bits per heavy atom. The Labute approximate surface area is 165 Å². The van der Waals surface area contributed by atoms with Gasteiger partial charge in [0.05, 0.1) is 0 Å². The van der Waals surface area contributed by atoms with Gasteiger partial charge in [0.15, 0.2) is 5.78 Å². The average Bonchev–Trinajstić information content (AvgIpc) is 3.21. The molecular weight excluding hydrogens is 332 g/mol. The van der Waals surface area contributed by atoms with Crippen molar-refractivity contribution in [2.75, 3.05) is 0 Å². The largest absolute Gasteiger partial charge is 0.299 e. The molecule has 2 unspecified atom stereocenters. The van der Waals surface area contributed by atoms with Crippen molar-refractivity contribution in [3.63, 3.8) is 0 Å². The van der Waals surface area contributed by atoms with Crippen LogP contribution in [-0.2, 0) is 11.2 Å². The highest BCUT2D eigenvalue weighted by atomic mass is 16.1. The van der Waals surface area contributed by atoms with E-state index in [9.17, 15) is 9.59 Å². The number of Topliss-reactive ketones (excluding diaryl/α,β-unsaturated/α-hetero) is 2. The molecule has 1 aromatic carbocycles. The van der Waals surface area contributed by atoms with Crippen molar-refractivity contribution < 1.29 is 9.59 Å². The van der Waals surface area contributed by atoms with Crippen LogP contribution in [-0.4, -0.2) is 11.6 Å². The van der Waals surface area contributed by atoms with Crippen LogP contribution in [0.2, 0.25) is 0 Å². The van der Waals surface area contributed by atoms with Gasteiger partial charge < -0.3 is 0 Å². The van der Waals surface area contributed by atoms with Crippen LogP contribution in [0.5, 0.6) is 0 Å². The minimum absolute atomic E-state index is 0.0600. The van der Waals surface area contributed by atoms with Crippen LogP contribution in [0.4, 0.5) is 0 Å². The number of fused-ring (bicyclic) bond motifs is 2. The van der Waals surface area contributed by atoms with E-state index in [1.54, 1.807) is 0 Å². The van der Waals surface area contributed by atoms with Gasteiger partial charge >= 0.3 is 0 Å². The van der Waals surface area contributed by atoms with Gasteiger partial charge in [-0.2, -0.15) is 0 Å². The van der Waals surface area contributed by atoms with Crippen molar-refractivity contribution in [2.24, 2.45) is 35.5 Å². The number of benzene rings is 1. The Morgan fingerprint density at radius 1 is 0.963 bits per heavy atom. The molecule has 3 rings (SSSR count). The Kier molecular flexibility index (Phi) is 6.55. The highest BCUT2D eigenvalue weighted by Crippen LogP contribution is 2.54. The van der Waals surface area contributed by atoms with Gasteiger partial charge in [-0.25, -0.2) is 0 Å². The normalized spacial score (nSPS) is 26.9. The molecule has 2 nitrogen and oxygen atoms in total. The molecule has 148 valence electrons. The summed E-state index contributed by atoms with van der Waals surface area (Å²) in [4.78, 5) is 24.3. The van der Waals surface area contributed by atoms with Crippen LogP contribution in [0.3, 0.4) is 0 Å². The maximum Gasteiger partial charge on any atom is 0.165 e. The number of hydrogen-bond donors (Lipinski definition) is 0. The number of carbonyl (C=O) groups excluding carboxylic acids is 2. The zero-order chi connectivity index (χ0) is 19.6. The van der Waals surface area contributed by atoms with Crippen LogP contribution < -0.4 is 0 Å². The highest BCUT2D eigenvalue weighted by molar-refractivity contribution is 5.97. The zero-order valence-corrected chi connectivity index (χ0v) is 17.5. The van der Waals surface area contributed by atoms with Crippen molar-refractivity contribution in [1.82, 2.24) is 0 Å². The average molecular weight is 369 g/mol. The summed E-state index contributed by atoms with van der Waals surface area (Å²) < 4.78 is 0. The van der Waals surface area contributed by atoms with Gasteiger partial charge in [0.2, 0.25) is 0 Å². The molecule has 2 saturated carbocycles. The molecule has 0 aromatic heterocycles. The monoisotopic (exact) mass is 368 g/mol. The Hall–Kier alpha value is -1.44. The lowest BCUT2D eigenvalue weighted by Crippen LogP contribution is -2.22. The van der Waals surface area contributed by atoms with Crippen molar-refractivity contribution in [3.05, 3.63) is 35.4 Å². The summed E-state index contributed by atoms with van der Waals surface area (Å²) >= 11 is 0. The summed E-state index contributed by atoms with van der Waals surface area (Å²) in [5, 5.41) is 0. The smallest absolute Gasteiger partial charge is 0.165 e. The molecule has 2 aliphatic carbocycles. The first-order chi connectivity index (χ1) is 12.8. The molecule has 4 atom stereocenters. The second-order valence-electron chi connectivity index (χ2n) is 9.68. The summed E-state index contributed by atoms with van der Waals surface area (Å²) in [5.41, 5.74) is 2.16. The van der Waals surface area contributed by atoms with Gasteiger partial charge in [0.25, 0.3) is 0 Å². The molecule has 2 bridgehead atoms. The van der Waals surface area contributed by atoms with Crippen molar-refractivity contribution in [2.45, 2.75) is 72.6 Å². The van der Waals surface area contributed by atoms with Crippen LogP contribution >= 0.6 is 0 Å². The first-order valence-corrected chi connectivity index (χ1v) is 11.0. The molecular formula is C25H36O2. The lowest BCUT2D eigenvalue weighted by atomic mass is 9.77. The fourth-order valence-corrected chi connectivity index (χ4v) is 5.39. The number of hydrogen-bond acceptors (Lipinski definition) is 2. The topological polar surface area (TPSA) is 34.1 Å². The Morgan fingerprint density at radius 3 is 2.30 bits per heavy atom. The van der Waals surface area contributed by atoms with E-state index in [1.165, 1.54) is 37.7 Å². The fourth-order valence-electron chi connectivity index (χ4n) is 5.39.